The average molecular weight is 478 g/mol. The van der Waals surface area contributed by atoms with Gasteiger partial charge in [0.2, 0.25) is 5.91 Å². The van der Waals surface area contributed by atoms with E-state index in [1.165, 1.54) is 31.5 Å². The number of hydrogen-bond acceptors (Lipinski definition) is 6. The normalized spacial score (nSPS) is 17.1. The standard InChI is InChI=1S/C19H23IN6O/c20-19-23-17(21)16-18(24-19)26(12-15(27)22-16)11-14-5-3-13(4-6-14)7-10-25-8-1-2-9-25/h3-6H,1-2,7-12H2,(H,22,27)(H2,21,23,24). The predicted molar refractivity (Wildman–Crippen MR) is 115 cm³/mol. The molecule has 2 aliphatic rings. The van der Waals surface area contributed by atoms with Gasteiger partial charge in [0.25, 0.3) is 0 Å². The quantitative estimate of drug-likeness (QED) is 0.507. The lowest BCUT2D eigenvalue weighted by Crippen LogP contribution is -2.39. The van der Waals surface area contributed by atoms with Crippen LogP contribution in [-0.2, 0) is 17.8 Å². The predicted octanol–water partition coefficient (Wildman–Crippen LogP) is 2.26. The number of amides is 1. The van der Waals surface area contributed by atoms with Crippen molar-refractivity contribution < 1.29 is 4.79 Å². The van der Waals surface area contributed by atoms with Gasteiger partial charge in [-0.15, -0.1) is 0 Å². The Morgan fingerprint density at radius 3 is 2.56 bits per heavy atom. The molecule has 2 aromatic rings. The summed E-state index contributed by atoms with van der Waals surface area (Å²) in [5.41, 5.74) is 8.97. The minimum absolute atomic E-state index is 0.0961. The van der Waals surface area contributed by atoms with E-state index in [2.05, 4.69) is 44.5 Å². The molecule has 4 rings (SSSR count). The van der Waals surface area contributed by atoms with Gasteiger partial charge < -0.3 is 20.9 Å². The van der Waals surface area contributed by atoms with Crippen molar-refractivity contribution in [3.05, 3.63) is 39.2 Å². The maximum atomic E-state index is 12.1. The van der Waals surface area contributed by atoms with Gasteiger partial charge in [-0.25, -0.2) is 9.97 Å². The van der Waals surface area contributed by atoms with Crippen LogP contribution in [0, 0.1) is 3.83 Å². The molecular formula is C19H23IN6O. The van der Waals surface area contributed by atoms with Gasteiger partial charge in [-0.3, -0.25) is 4.79 Å². The van der Waals surface area contributed by atoms with Crippen LogP contribution < -0.4 is 16.0 Å². The number of fused-ring (bicyclic) bond motifs is 1. The number of hydrogen-bond donors (Lipinski definition) is 2. The number of likely N-dealkylation sites (tertiary alicyclic amines) is 1. The van der Waals surface area contributed by atoms with Gasteiger partial charge in [0, 0.05) is 35.7 Å². The molecule has 0 radical (unpaired) electrons. The summed E-state index contributed by atoms with van der Waals surface area (Å²) in [6.45, 7) is 4.47. The Kier molecular flexibility index (Phi) is 5.44. The molecule has 1 fully saturated rings. The van der Waals surface area contributed by atoms with Crippen LogP contribution in [0.5, 0.6) is 0 Å². The molecule has 0 unspecified atom stereocenters. The number of anilines is 3. The minimum Gasteiger partial charge on any atom is -0.382 e. The Morgan fingerprint density at radius 1 is 1.11 bits per heavy atom. The first-order valence-electron chi connectivity index (χ1n) is 9.26. The van der Waals surface area contributed by atoms with Gasteiger partial charge in [-0.05, 0) is 43.5 Å². The molecule has 0 spiro atoms. The molecule has 3 heterocycles. The fourth-order valence-electron chi connectivity index (χ4n) is 3.67. The van der Waals surface area contributed by atoms with E-state index in [0.29, 0.717) is 27.7 Å². The summed E-state index contributed by atoms with van der Waals surface area (Å²) < 4.78 is 0.572. The Morgan fingerprint density at radius 2 is 1.81 bits per heavy atom. The first kappa shape index (κ1) is 18.4. The van der Waals surface area contributed by atoms with E-state index in [9.17, 15) is 4.79 Å². The Balaban J connectivity index is 1.45. The first-order chi connectivity index (χ1) is 13.1. The van der Waals surface area contributed by atoms with E-state index in [1.807, 2.05) is 27.5 Å². The van der Waals surface area contributed by atoms with Crippen LogP contribution in [-0.4, -0.2) is 47.0 Å². The summed E-state index contributed by atoms with van der Waals surface area (Å²) in [4.78, 5) is 25.2. The number of nitrogens with one attached hydrogen (secondary N) is 1. The second-order valence-corrected chi connectivity index (χ2v) is 8.06. The number of carbonyl (C=O) groups excluding carboxylic acids is 1. The number of carbonyl (C=O) groups is 1. The van der Waals surface area contributed by atoms with Gasteiger partial charge in [0.15, 0.2) is 15.5 Å². The van der Waals surface area contributed by atoms with Gasteiger partial charge >= 0.3 is 0 Å². The van der Waals surface area contributed by atoms with Gasteiger partial charge in [-0.2, -0.15) is 0 Å². The zero-order valence-electron chi connectivity index (χ0n) is 15.1. The van der Waals surface area contributed by atoms with Crippen LogP contribution in [0.4, 0.5) is 17.3 Å². The summed E-state index contributed by atoms with van der Waals surface area (Å²) in [5, 5.41) is 2.79. The molecule has 27 heavy (non-hydrogen) atoms. The van der Waals surface area contributed by atoms with E-state index in [4.69, 9.17) is 5.73 Å². The van der Waals surface area contributed by atoms with Gasteiger partial charge in [0.05, 0.1) is 6.54 Å². The maximum absolute atomic E-state index is 12.1. The highest BCUT2D eigenvalue weighted by Gasteiger charge is 2.26. The lowest BCUT2D eigenvalue weighted by Gasteiger charge is -2.30. The van der Waals surface area contributed by atoms with Crippen molar-refractivity contribution in [2.75, 3.05) is 42.1 Å². The second kappa shape index (κ2) is 7.97. The van der Waals surface area contributed by atoms with Crippen LogP contribution in [0.3, 0.4) is 0 Å². The van der Waals surface area contributed by atoms with Gasteiger partial charge in [0.1, 0.15) is 5.69 Å². The number of aromatic nitrogens is 2. The summed E-state index contributed by atoms with van der Waals surface area (Å²) in [5.74, 6) is 0.894. The van der Waals surface area contributed by atoms with E-state index in [1.54, 1.807) is 0 Å². The number of nitrogens with zero attached hydrogens (tertiary/aromatic N) is 4. The SMILES string of the molecule is Nc1nc(I)nc2c1NC(=O)CN2Cc1ccc(CCN2CCCC2)cc1. The number of benzene rings is 1. The molecule has 142 valence electrons. The van der Waals surface area contributed by atoms with Crippen LogP contribution in [0.2, 0.25) is 0 Å². The largest absolute Gasteiger partial charge is 0.382 e. The third-order valence-electron chi connectivity index (χ3n) is 5.10. The number of rotatable bonds is 5. The molecule has 1 aromatic heterocycles. The van der Waals surface area contributed by atoms with Crippen molar-refractivity contribution in [1.29, 1.82) is 0 Å². The smallest absolute Gasteiger partial charge is 0.244 e. The molecule has 0 bridgehead atoms. The molecule has 7 nitrogen and oxygen atoms in total. The summed E-state index contributed by atoms with van der Waals surface area (Å²) in [6.07, 6.45) is 3.74. The summed E-state index contributed by atoms with van der Waals surface area (Å²) >= 11 is 2.04. The van der Waals surface area contributed by atoms with Crippen LogP contribution in [0.1, 0.15) is 24.0 Å². The maximum Gasteiger partial charge on any atom is 0.244 e. The average Bonchev–Trinajstić information content (AvgIpc) is 3.16. The van der Waals surface area contributed by atoms with Crippen molar-refractivity contribution in [3.8, 4) is 0 Å². The molecular weight excluding hydrogens is 455 g/mol. The lowest BCUT2D eigenvalue weighted by molar-refractivity contribution is -0.115. The first-order valence-corrected chi connectivity index (χ1v) is 10.3. The zero-order chi connectivity index (χ0) is 18.8. The lowest BCUT2D eigenvalue weighted by atomic mass is 10.1. The molecule has 3 N–H and O–H groups in total. The van der Waals surface area contributed by atoms with E-state index in [0.717, 1.165) is 18.5 Å². The van der Waals surface area contributed by atoms with Crippen LogP contribution in [0.25, 0.3) is 0 Å². The fraction of sp³-hybridized carbons (Fsp3) is 0.421. The van der Waals surface area contributed by atoms with Crippen molar-refractivity contribution >= 4 is 45.8 Å². The highest BCUT2D eigenvalue weighted by Crippen LogP contribution is 2.32. The Labute approximate surface area is 172 Å². The molecule has 8 heteroatoms. The molecule has 0 aliphatic carbocycles. The third-order valence-corrected chi connectivity index (χ3v) is 5.58. The number of nitrogens with two attached hydrogens (primary N) is 1. The van der Waals surface area contributed by atoms with Crippen LogP contribution >= 0.6 is 22.6 Å². The summed E-state index contributed by atoms with van der Waals surface area (Å²) in [7, 11) is 0. The highest BCUT2D eigenvalue weighted by molar-refractivity contribution is 14.1. The van der Waals surface area contributed by atoms with Crippen LogP contribution in [0.15, 0.2) is 24.3 Å². The molecule has 1 saturated heterocycles. The van der Waals surface area contributed by atoms with Crippen molar-refractivity contribution in [1.82, 2.24) is 14.9 Å². The topological polar surface area (TPSA) is 87.4 Å². The summed E-state index contributed by atoms with van der Waals surface area (Å²) in [6, 6.07) is 8.66. The van der Waals surface area contributed by atoms with Crippen molar-refractivity contribution in [2.45, 2.75) is 25.8 Å². The molecule has 0 atom stereocenters. The molecule has 0 saturated carbocycles. The number of halogens is 1. The molecule has 1 aromatic carbocycles. The monoisotopic (exact) mass is 478 g/mol. The van der Waals surface area contributed by atoms with E-state index in [-0.39, 0.29) is 12.5 Å². The number of nitrogen functional groups attached to an aromatic ring is 1. The van der Waals surface area contributed by atoms with E-state index < -0.39 is 0 Å². The third kappa shape index (κ3) is 4.32. The minimum atomic E-state index is -0.0961. The highest BCUT2D eigenvalue weighted by atomic mass is 127. The second-order valence-electron chi connectivity index (χ2n) is 7.10. The Hall–Kier alpha value is -1.94. The fourth-order valence-corrected chi connectivity index (χ4v) is 4.16. The molecule has 1 amide bonds. The van der Waals surface area contributed by atoms with E-state index >= 15 is 0 Å². The van der Waals surface area contributed by atoms with Crippen molar-refractivity contribution in [3.63, 3.8) is 0 Å². The van der Waals surface area contributed by atoms with Gasteiger partial charge in [-0.1, -0.05) is 24.3 Å². The zero-order valence-corrected chi connectivity index (χ0v) is 17.3. The van der Waals surface area contributed by atoms with Crippen molar-refractivity contribution in [2.24, 2.45) is 0 Å². The Bertz CT molecular complexity index is 835. The molecule has 2 aliphatic heterocycles.